The van der Waals surface area contributed by atoms with Crippen molar-refractivity contribution in [3.63, 3.8) is 0 Å². The van der Waals surface area contributed by atoms with Crippen LogP contribution in [-0.4, -0.2) is 16.0 Å². The Balaban J connectivity index is 2.24. The van der Waals surface area contributed by atoms with E-state index in [-0.39, 0.29) is 11.3 Å². The molecule has 1 heterocycles. The minimum atomic E-state index is -0.430. The minimum absolute atomic E-state index is 0.0741. The summed E-state index contributed by atoms with van der Waals surface area (Å²) in [6.45, 7) is 0. The van der Waals surface area contributed by atoms with E-state index in [4.69, 9.17) is 11.6 Å². The molecule has 0 spiro atoms. The molecular formula is C12H8ClIN2O2. The third-order valence-electron chi connectivity index (χ3n) is 2.16. The molecule has 0 bridgehead atoms. The van der Waals surface area contributed by atoms with Crippen LogP contribution in [0.1, 0.15) is 10.4 Å². The average molecular weight is 375 g/mol. The van der Waals surface area contributed by atoms with Gasteiger partial charge in [-0.15, -0.1) is 0 Å². The van der Waals surface area contributed by atoms with Crippen molar-refractivity contribution in [2.75, 3.05) is 5.32 Å². The molecular weight excluding hydrogens is 367 g/mol. The van der Waals surface area contributed by atoms with Gasteiger partial charge in [0.25, 0.3) is 5.91 Å². The summed E-state index contributed by atoms with van der Waals surface area (Å²) in [4.78, 5) is 15.9. The molecule has 0 aliphatic rings. The van der Waals surface area contributed by atoms with Crippen molar-refractivity contribution in [3.05, 3.63) is 50.7 Å². The first-order valence-electron chi connectivity index (χ1n) is 4.98. The Kier molecular flexibility index (Phi) is 4.03. The molecule has 2 N–H and O–H groups in total. The number of nitrogens with one attached hydrogen (secondary N) is 1. The van der Waals surface area contributed by atoms with E-state index in [1.807, 2.05) is 0 Å². The molecule has 0 saturated carbocycles. The van der Waals surface area contributed by atoms with Gasteiger partial charge in [0.2, 0.25) is 0 Å². The predicted octanol–water partition coefficient (Wildman–Crippen LogP) is 3.30. The third kappa shape index (κ3) is 3.11. The van der Waals surface area contributed by atoms with Crippen LogP contribution in [0.4, 0.5) is 5.82 Å². The predicted molar refractivity (Wildman–Crippen MR) is 78.0 cm³/mol. The van der Waals surface area contributed by atoms with E-state index in [9.17, 15) is 9.90 Å². The van der Waals surface area contributed by atoms with Crippen LogP contribution in [-0.2, 0) is 0 Å². The summed E-state index contributed by atoms with van der Waals surface area (Å²) in [5.41, 5.74) is 0.198. The standard InChI is InChI=1S/C12H8ClIN2O2/c13-10-2-1-3-11(15-10)16-12(18)8-6-7(14)4-5-9(8)17/h1-6,17H,(H,15,16,18). The molecule has 6 heteroatoms. The van der Waals surface area contributed by atoms with Gasteiger partial charge in [0.15, 0.2) is 0 Å². The summed E-state index contributed by atoms with van der Waals surface area (Å²) in [6.07, 6.45) is 0. The van der Waals surface area contributed by atoms with Crippen LogP contribution in [0.3, 0.4) is 0 Å². The van der Waals surface area contributed by atoms with Gasteiger partial charge in [-0.25, -0.2) is 4.98 Å². The molecule has 4 nitrogen and oxygen atoms in total. The number of phenols is 1. The van der Waals surface area contributed by atoms with Crippen molar-refractivity contribution in [1.82, 2.24) is 4.98 Å². The first-order valence-corrected chi connectivity index (χ1v) is 6.44. The minimum Gasteiger partial charge on any atom is -0.507 e. The number of rotatable bonds is 2. The molecule has 2 aromatic rings. The number of carbonyl (C=O) groups is 1. The molecule has 0 saturated heterocycles. The fourth-order valence-electron chi connectivity index (χ4n) is 1.35. The fraction of sp³-hybridized carbons (Fsp3) is 0. The SMILES string of the molecule is O=C(Nc1cccc(Cl)n1)c1cc(I)ccc1O. The van der Waals surface area contributed by atoms with Gasteiger partial charge >= 0.3 is 0 Å². The number of hydrogen-bond acceptors (Lipinski definition) is 3. The molecule has 0 aliphatic heterocycles. The van der Waals surface area contributed by atoms with Crippen molar-refractivity contribution in [3.8, 4) is 5.75 Å². The van der Waals surface area contributed by atoms with Crippen LogP contribution >= 0.6 is 34.2 Å². The highest BCUT2D eigenvalue weighted by atomic mass is 127. The number of phenolic OH excluding ortho intramolecular Hbond substituents is 1. The summed E-state index contributed by atoms with van der Waals surface area (Å²) in [6, 6.07) is 9.69. The van der Waals surface area contributed by atoms with Gasteiger partial charge in [0.05, 0.1) is 5.56 Å². The van der Waals surface area contributed by atoms with Gasteiger partial charge in [0.1, 0.15) is 16.7 Å². The van der Waals surface area contributed by atoms with Crippen LogP contribution < -0.4 is 5.32 Å². The Hall–Kier alpha value is -1.34. The number of anilines is 1. The Morgan fingerprint density at radius 3 is 2.83 bits per heavy atom. The lowest BCUT2D eigenvalue weighted by Gasteiger charge is -2.06. The van der Waals surface area contributed by atoms with Gasteiger partial charge in [-0.05, 0) is 52.9 Å². The maximum Gasteiger partial charge on any atom is 0.260 e. The summed E-state index contributed by atoms with van der Waals surface area (Å²) in [7, 11) is 0. The van der Waals surface area contributed by atoms with E-state index in [0.717, 1.165) is 3.57 Å². The lowest BCUT2D eigenvalue weighted by Crippen LogP contribution is -2.13. The zero-order valence-electron chi connectivity index (χ0n) is 9.02. The molecule has 0 fully saturated rings. The van der Waals surface area contributed by atoms with Gasteiger partial charge in [-0.2, -0.15) is 0 Å². The molecule has 0 atom stereocenters. The molecule has 2 rings (SSSR count). The highest BCUT2D eigenvalue weighted by Crippen LogP contribution is 2.21. The lowest BCUT2D eigenvalue weighted by atomic mass is 10.2. The molecule has 1 aromatic carbocycles. The first kappa shape index (κ1) is 13.1. The summed E-state index contributed by atoms with van der Waals surface area (Å²) in [5.74, 6) is -0.165. The van der Waals surface area contributed by atoms with E-state index in [2.05, 4.69) is 32.9 Å². The van der Waals surface area contributed by atoms with Crippen molar-refractivity contribution in [2.24, 2.45) is 0 Å². The number of hydrogen-bond donors (Lipinski definition) is 2. The Morgan fingerprint density at radius 2 is 2.11 bits per heavy atom. The Labute approximate surface area is 122 Å². The molecule has 18 heavy (non-hydrogen) atoms. The van der Waals surface area contributed by atoms with Crippen molar-refractivity contribution >= 4 is 45.9 Å². The van der Waals surface area contributed by atoms with Gasteiger partial charge in [0, 0.05) is 3.57 Å². The van der Waals surface area contributed by atoms with E-state index in [0.29, 0.717) is 11.0 Å². The second-order valence-electron chi connectivity index (χ2n) is 3.46. The van der Waals surface area contributed by atoms with Crippen LogP contribution in [0, 0.1) is 3.57 Å². The van der Waals surface area contributed by atoms with E-state index in [1.54, 1.807) is 30.3 Å². The summed E-state index contributed by atoms with van der Waals surface area (Å²) < 4.78 is 0.856. The molecule has 92 valence electrons. The van der Waals surface area contributed by atoms with Crippen molar-refractivity contribution in [2.45, 2.75) is 0 Å². The number of halogens is 2. The first-order chi connectivity index (χ1) is 8.56. The van der Waals surface area contributed by atoms with Crippen LogP contribution in [0.25, 0.3) is 0 Å². The zero-order valence-corrected chi connectivity index (χ0v) is 11.9. The second-order valence-corrected chi connectivity index (χ2v) is 5.09. The van der Waals surface area contributed by atoms with E-state index >= 15 is 0 Å². The number of pyridine rings is 1. The van der Waals surface area contributed by atoms with E-state index < -0.39 is 5.91 Å². The number of carbonyl (C=O) groups excluding carboxylic acids is 1. The average Bonchev–Trinajstić information content (AvgIpc) is 2.32. The molecule has 0 aliphatic carbocycles. The van der Waals surface area contributed by atoms with Crippen LogP contribution in [0.15, 0.2) is 36.4 Å². The molecule has 1 aromatic heterocycles. The highest BCUT2D eigenvalue weighted by Gasteiger charge is 2.12. The maximum atomic E-state index is 11.9. The van der Waals surface area contributed by atoms with Gasteiger partial charge in [-0.3, -0.25) is 4.79 Å². The molecule has 0 radical (unpaired) electrons. The zero-order chi connectivity index (χ0) is 13.1. The van der Waals surface area contributed by atoms with Crippen molar-refractivity contribution in [1.29, 1.82) is 0 Å². The number of nitrogens with zero attached hydrogens (tertiary/aromatic N) is 1. The topological polar surface area (TPSA) is 62.2 Å². The lowest BCUT2D eigenvalue weighted by molar-refractivity contribution is 0.102. The smallest absolute Gasteiger partial charge is 0.260 e. The summed E-state index contributed by atoms with van der Waals surface area (Å²) >= 11 is 7.78. The molecule has 0 unspecified atom stereocenters. The largest absolute Gasteiger partial charge is 0.507 e. The second kappa shape index (κ2) is 5.53. The normalized spacial score (nSPS) is 10.1. The van der Waals surface area contributed by atoms with Crippen LogP contribution in [0.2, 0.25) is 5.15 Å². The Morgan fingerprint density at radius 1 is 1.33 bits per heavy atom. The van der Waals surface area contributed by atoms with Gasteiger partial charge < -0.3 is 10.4 Å². The summed E-state index contributed by atoms with van der Waals surface area (Å²) in [5, 5.41) is 12.5. The number of amides is 1. The van der Waals surface area contributed by atoms with Gasteiger partial charge in [-0.1, -0.05) is 17.7 Å². The quantitative estimate of drug-likeness (QED) is 0.626. The van der Waals surface area contributed by atoms with E-state index in [1.165, 1.54) is 6.07 Å². The maximum absolute atomic E-state index is 11.9. The number of aromatic nitrogens is 1. The number of aromatic hydroxyl groups is 1. The third-order valence-corrected chi connectivity index (χ3v) is 3.04. The fourth-order valence-corrected chi connectivity index (χ4v) is 2.01. The van der Waals surface area contributed by atoms with Crippen molar-refractivity contribution < 1.29 is 9.90 Å². The van der Waals surface area contributed by atoms with Crippen LogP contribution in [0.5, 0.6) is 5.75 Å². The monoisotopic (exact) mass is 374 g/mol. The highest BCUT2D eigenvalue weighted by molar-refractivity contribution is 14.1. The molecule has 1 amide bonds. The number of benzene rings is 1. The Bertz CT molecular complexity index is 604.